The van der Waals surface area contributed by atoms with Gasteiger partial charge in [0, 0.05) is 35.4 Å². The van der Waals surface area contributed by atoms with E-state index < -0.39 is 29.6 Å². The highest BCUT2D eigenvalue weighted by Crippen LogP contribution is 2.55. The van der Waals surface area contributed by atoms with Crippen LogP contribution in [0.15, 0.2) is 30.4 Å². The molecule has 2 N–H and O–H groups in total. The molecule has 1 aliphatic carbocycles. The average molecular weight is 550 g/mol. The normalized spacial score (nSPS) is 36.1. The van der Waals surface area contributed by atoms with Crippen molar-refractivity contribution in [3.63, 3.8) is 0 Å². The fourth-order valence-corrected chi connectivity index (χ4v) is 7.12. The Morgan fingerprint density at radius 2 is 1.89 bits per heavy atom. The molecule has 10 heteroatoms. The van der Waals surface area contributed by atoms with Gasteiger partial charge in [0.1, 0.15) is 11.6 Å². The zero-order valence-electron chi connectivity index (χ0n) is 21.2. The van der Waals surface area contributed by atoms with Gasteiger partial charge in [-0.2, -0.15) is 0 Å². The van der Waals surface area contributed by atoms with Crippen molar-refractivity contribution in [2.45, 2.75) is 56.9 Å². The second-order valence-corrected chi connectivity index (χ2v) is 11.6. The van der Waals surface area contributed by atoms with Crippen molar-refractivity contribution < 1.29 is 23.9 Å². The number of carbonyl (C=O) groups excluding carboxylic acids is 3. The highest BCUT2D eigenvalue weighted by molar-refractivity contribution is 6.35. The van der Waals surface area contributed by atoms with E-state index in [1.54, 1.807) is 31.4 Å². The van der Waals surface area contributed by atoms with E-state index in [4.69, 9.17) is 32.7 Å². The summed E-state index contributed by atoms with van der Waals surface area (Å²) in [5, 5.41) is 6.84. The van der Waals surface area contributed by atoms with Crippen molar-refractivity contribution in [1.29, 1.82) is 0 Å². The number of benzene rings is 1. The van der Waals surface area contributed by atoms with Crippen molar-refractivity contribution in [3.8, 4) is 0 Å². The quantitative estimate of drug-likeness (QED) is 0.506. The Labute approximate surface area is 227 Å². The Bertz CT molecular complexity index is 1110. The molecule has 8 atom stereocenters. The van der Waals surface area contributed by atoms with E-state index in [1.165, 1.54) is 4.90 Å². The molecule has 8 nitrogen and oxygen atoms in total. The molecule has 2 bridgehead atoms. The molecule has 0 radical (unpaired) electrons. The number of halogens is 2. The molecule has 1 spiro atoms. The summed E-state index contributed by atoms with van der Waals surface area (Å²) in [4.78, 5) is 42.7. The summed E-state index contributed by atoms with van der Waals surface area (Å²) < 4.78 is 11.6. The second kappa shape index (κ2) is 10.2. The molecular weight excluding hydrogens is 517 g/mol. The van der Waals surface area contributed by atoms with Crippen molar-refractivity contribution >= 4 is 46.6 Å². The minimum absolute atomic E-state index is 0.0281. The van der Waals surface area contributed by atoms with E-state index in [-0.39, 0.29) is 36.9 Å². The third-order valence-electron chi connectivity index (χ3n) is 8.63. The number of hydrogen-bond acceptors (Lipinski definition) is 5. The Morgan fingerprint density at radius 1 is 1.16 bits per heavy atom. The van der Waals surface area contributed by atoms with E-state index in [1.807, 2.05) is 6.08 Å². The lowest BCUT2D eigenvalue weighted by atomic mass is 9.73. The van der Waals surface area contributed by atoms with Crippen LogP contribution in [-0.2, 0) is 23.9 Å². The smallest absolute Gasteiger partial charge is 0.246 e. The summed E-state index contributed by atoms with van der Waals surface area (Å²) in [6, 6.07) is 3.90. The van der Waals surface area contributed by atoms with Gasteiger partial charge in [0.2, 0.25) is 17.7 Å². The van der Waals surface area contributed by atoms with Crippen LogP contribution in [0.3, 0.4) is 0 Å². The number of rotatable bonds is 7. The lowest BCUT2D eigenvalue weighted by molar-refractivity contribution is -0.142. The Balaban J connectivity index is 1.43. The van der Waals surface area contributed by atoms with Gasteiger partial charge in [-0.05, 0) is 36.5 Å². The van der Waals surface area contributed by atoms with Gasteiger partial charge in [0.25, 0.3) is 0 Å². The third-order valence-corrected chi connectivity index (χ3v) is 9.06. The zero-order chi connectivity index (χ0) is 26.5. The first kappa shape index (κ1) is 26.5. The molecule has 3 fully saturated rings. The van der Waals surface area contributed by atoms with Gasteiger partial charge in [-0.3, -0.25) is 14.4 Å². The van der Waals surface area contributed by atoms with Crippen LogP contribution < -0.4 is 10.6 Å². The molecule has 3 heterocycles. The van der Waals surface area contributed by atoms with Gasteiger partial charge in [-0.25, -0.2) is 0 Å². The largest absolute Gasteiger partial charge is 0.383 e. The molecule has 0 unspecified atom stereocenters. The van der Waals surface area contributed by atoms with Gasteiger partial charge in [-0.1, -0.05) is 62.0 Å². The Kier molecular flexibility index (Phi) is 7.31. The number of nitrogens with zero attached hydrogens (tertiary/aromatic N) is 1. The molecule has 5 rings (SSSR count). The molecule has 0 aromatic heterocycles. The number of ether oxygens (including phenoxy) is 2. The summed E-state index contributed by atoms with van der Waals surface area (Å²) >= 11 is 12.2. The topological polar surface area (TPSA) is 97.0 Å². The highest BCUT2D eigenvalue weighted by Gasteiger charge is 2.72. The first-order valence-corrected chi connectivity index (χ1v) is 13.7. The molecule has 4 aliphatic rings. The summed E-state index contributed by atoms with van der Waals surface area (Å²) in [6.07, 6.45) is 6.09. The third kappa shape index (κ3) is 4.56. The van der Waals surface area contributed by atoms with Gasteiger partial charge < -0.3 is 25.0 Å². The fourth-order valence-electron chi connectivity index (χ4n) is 6.60. The first-order chi connectivity index (χ1) is 17.7. The highest BCUT2D eigenvalue weighted by atomic mass is 35.5. The fraction of sp³-hybridized carbons (Fsp3) is 0.593. The minimum atomic E-state index is -1.21. The number of hydrogen-bond donors (Lipinski definition) is 2. The maximum Gasteiger partial charge on any atom is 0.246 e. The average Bonchev–Trinajstić information content (AvgIpc) is 3.47. The number of fused-ring (bicyclic) bond motifs is 1. The van der Waals surface area contributed by atoms with Gasteiger partial charge >= 0.3 is 0 Å². The predicted molar refractivity (Wildman–Crippen MR) is 140 cm³/mol. The number of carbonyl (C=O) groups is 3. The van der Waals surface area contributed by atoms with E-state index in [2.05, 4.69) is 24.5 Å². The Hall–Kier alpha value is -2.13. The molecule has 200 valence electrons. The van der Waals surface area contributed by atoms with Crippen LogP contribution in [0.5, 0.6) is 0 Å². The second-order valence-electron chi connectivity index (χ2n) is 10.8. The standard InChI is InChI=1S/C27H33Cl2N3O5/c1-14-5-4-6-19(15(14)2)31-25(34)23-27-8-7-20(37-27)21(22(27)26(35)32(23)9-10-36-3)24(33)30-18-12-16(28)11-17(29)13-18/h7-8,11-15,19-23H,4-6,9-10H2,1-3H3,(H,30,33)(H,31,34)/t14-,15-,19+,20+,21+,22+,23-,27-/m0/s1. The number of anilines is 1. The minimum Gasteiger partial charge on any atom is -0.383 e. The van der Waals surface area contributed by atoms with Gasteiger partial charge in [0.05, 0.1) is 24.5 Å². The molecular formula is C27H33Cl2N3O5. The predicted octanol–water partition coefficient (Wildman–Crippen LogP) is 3.67. The van der Waals surface area contributed by atoms with E-state index >= 15 is 0 Å². The van der Waals surface area contributed by atoms with Crippen LogP contribution in [0.1, 0.15) is 33.1 Å². The van der Waals surface area contributed by atoms with E-state index in [0.717, 1.165) is 19.3 Å². The van der Waals surface area contributed by atoms with Gasteiger partial charge in [-0.15, -0.1) is 0 Å². The van der Waals surface area contributed by atoms with Crippen molar-refractivity contribution in [2.75, 3.05) is 25.6 Å². The monoisotopic (exact) mass is 549 g/mol. The van der Waals surface area contributed by atoms with Crippen LogP contribution in [0.25, 0.3) is 0 Å². The number of nitrogens with one attached hydrogen (secondary N) is 2. The van der Waals surface area contributed by atoms with Crippen LogP contribution >= 0.6 is 23.2 Å². The number of amides is 3. The molecule has 3 amide bonds. The SMILES string of the molecule is COCCN1C(=O)[C@H]2[C@H](C(=O)Nc3cc(Cl)cc(Cl)c3)[C@H]3C=C[C@@]2(O3)[C@@H]1C(=O)N[C@@H]1CCC[C@H](C)[C@@H]1C. The maximum atomic E-state index is 13.9. The summed E-state index contributed by atoms with van der Waals surface area (Å²) in [5.74, 6) is -1.69. The summed E-state index contributed by atoms with van der Waals surface area (Å²) in [7, 11) is 1.55. The maximum absolute atomic E-state index is 13.9. The zero-order valence-corrected chi connectivity index (χ0v) is 22.7. The molecule has 1 aromatic carbocycles. The number of likely N-dealkylation sites (tertiary alicyclic amines) is 1. The van der Waals surface area contributed by atoms with Crippen molar-refractivity contribution in [1.82, 2.24) is 10.2 Å². The van der Waals surface area contributed by atoms with Crippen LogP contribution in [0, 0.1) is 23.7 Å². The van der Waals surface area contributed by atoms with E-state index in [9.17, 15) is 14.4 Å². The molecule has 3 aliphatic heterocycles. The van der Waals surface area contributed by atoms with E-state index in [0.29, 0.717) is 27.6 Å². The lowest BCUT2D eigenvalue weighted by Gasteiger charge is -2.38. The molecule has 1 aromatic rings. The first-order valence-electron chi connectivity index (χ1n) is 12.9. The molecule has 37 heavy (non-hydrogen) atoms. The van der Waals surface area contributed by atoms with Crippen molar-refractivity contribution in [2.24, 2.45) is 23.7 Å². The number of methoxy groups -OCH3 is 1. The van der Waals surface area contributed by atoms with Gasteiger partial charge in [0.15, 0.2) is 0 Å². The summed E-state index contributed by atoms with van der Waals surface area (Å²) in [6.45, 7) is 4.86. The Morgan fingerprint density at radius 3 is 2.59 bits per heavy atom. The lowest BCUT2D eigenvalue weighted by Crippen LogP contribution is -2.58. The van der Waals surface area contributed by atoms with Crippen molar-refractivity contribution in [3.05, 3.63) is 40.4 Å². The summed E-state index contributed by atoms with van der Waals surface area (Å²) in [5.41, 5.74) is -0.781. The van der Waals surface area contributed by atoms with Crippen LogP contribution in [0.4, 0.5) is 5.69 Å². The van der Waals surface area contributed by atoms with Crippen LogP contribution in [0.2, 0.25) is 10.0 Å². The molecule has 1 saturated carbocycles. The molecule has 2 saturated heterocycles. The van der Waals surface area contributed by atoms with Crippen LogP contribution in [-0.4, -0.2) is 66.7 Å².